The molecular weight excluding hydrogens is 203 g/mol. The van der Waals surface area contributed by atoms with E-state index in [0.717, 1.165) is 5.92 Å². The standard InChI is InChI=1S/C13H23FSi/c1-15(2,3)13-6-9-4-10(7-13)12(14)11(5-9)8-13/h9-12H,4-8H2,1-3H3/t9?,10-,11+,12?,13?. The maximum absolute atomic E-state index is 14.1. The summed E-state index contributed by atoms with van der Waals surface area (Å²) in [5, 5.41) is 0.617. The molecule has 0 N–H and O–H groups in total. The van der Waals surface area contributed by atoms with Crippen LogP contribution in [0.15, 0.2) is 0 Å². The van der Waals surface area contributed by atoms with Crippen LogP contribution < -0.4 is 0 Å². The Hall–Kier alpha value is 0.147. The summed E-state index contributed by atoms with van der Waals surface area (Å²) in [5.41, 5.74) is 0. The zero-order valence-electron chi connectivity index (χ0n) is 10.2. The molecule has 4 saturated carbocycles. The van der Waals surface area contributed by atoms with Crippen LogP contribution in [0, 0.1) is 17.8 Å². The Morgan fingerprint density at radius 2 is 1.53 bits per heavy atom. The van der Waals surface area contributed by atoms with Crippen molar-refractivity contribution in [3.8, 4) is 0 Å². The molecule has 5 atom stereocenters. The minimum atomic E-state index is -1.10. The summed E-state index contributed by atoms with van der Waals surface area (Å²) in [6.07, 6.45) is 5.90. The second-order valence-electron chi connectivity index (χ2n) is 7.44. The van der Waals surface area contributed by atoms with Gasteiger partial charge in [-0.05, 0) is 54.9 Å². The molecule has 0 nitrogen and oxygen atoms in total. The molecule has 4 rings (SSSR count). The van der Waals surface area contributed by atoms with Crippen molar-refractivity contribution in [1.29, 1.82) is 0 Å². The van der Waals surface area contributed by atoms with Gasteiger partial charge in [-0.2, -0.15) is 0 Å². The van der Waals surface area contributed by atoms with Gasteiger partial charge in [-0.25, -0.2) is 4.39 Å². The third kappa shape index (κ3) is 1.30. The number of hydrogen-bond acceptors (Lipinski definition) is 0. The highest BCUT2D eigenvalue weighted by Crippen LogP contribution is 2.68. The first-order valence-electron chi connectivity index (χ1n) is 6.55. The van der Waals surface area contributed by atoms with Crippen LogP contribution in [0.25, 0.3) is 0 Å². The maximum atomic E-state index is 14.1. The minimum absolute atomic E-state index is 0.439. The normalized spacial score (nSPS) is 53.6. The fraction of sp³-hybridized carbons (Fsp3) is 1.00. The van der Waals surface area contributed by atoms with Gasteiger partial charge in [-0.3, -0.25) is 0 Å². The van der Waals surface area contributed by atoms with Crippen LogP contribution in [0.3, 0.4) is 0 Å². The molecule has 0 aromatic carbocycles. The van der Waals surface area contributed by atoms with E-state index in [1.54, 1.807) is 0 Å². The monoisotopic (exact) mass is 226 g/mol. The summed E-state index contributed by atoms with van der Waals surface area (Å²) in [4.78, 5) is 0. The van der Waals surface area contributed by atoms with Crippen molar-refractivity contribution in [2.24, 2.45) is 17.8 Å². The predicted molar refractivity (Wildman–Crippen MR) is 64.5 cm³/mol. The molecule has 3 unspecified atom stereocenters. The van der Waals surface area contributed by atoms with E-state index in [4.69, 9.17) is 0 Å². The maximum Gasteiger partial charge on any atom is 0.106 e. The molecule has 0 heterocycles. The Kier molecular flexibility index (Phi) is 1.98. The zero-order chi connectivity index (χ0) is 10.8. The average Bonchev–Trinajstić information content (AvgIpc) is 2.10. The predicted octanol–water partition coefficient (Wildman–Crippen LogP) is 4.24. The van der Waals surface area contributed by atoms with Crippen molar-refractivity contribution in [3.63, 3.8) is 0 Å². The van der Waals surface area contributed by atoms with Crippen LogP contribution in [0.5, 0.6) is 0 Å². The Labute approximate surface area is 93.6 Å². The summed E-state index contributed by atoms with van der Waals surface area (Å²) in [6, 6.07) is 0. The van der Waals surface area contributed by atoms with Gasteiger partial charge >= 0.3 is 0 Å². The molecule has 15 heavy (non-hydrogen) atoms. The van der Waals surface area contributed by atoms with Gasteiger partial charge < -0.3 is 0 Å². The Morgan fingerprint density at radius 1 is 1.00 bits per heavy atom. The minimum Gasteiger partial charge on any atom is -0.247 e. The van der Waals surface area contributed by atoms with E-state index in [1.165, 1.54) is 32.1 Å². The van der Waals surface area contributed by atoms with Crippen LogP contribution in [-0.4, -0.2) is 14.2 Å². The van der Waals surface area contributed by atoms with Crippen LogP contribution >= 0.6 is 0 Å². The first-order valence-corrected chi connectivity index (χ1v) is 10.1. The van der Waals surface area contributed by atoms with Gasteiger partial charge in [0.05, 0.1) is 8.07 Å². The topological polar surface area (TPSA) is 0 Å². The molecule has 0 spiro atoms. The van der Waals surface area contributed by atoms with Gasteiger partial charge in [0.1, 0.15) is 6.17 Å². The van der Waals surface area contributed by atoms with Crippen molar-refractivity contribution >= 4 is 8.07 Å². The number of hydrogen-bond donors (Lipinski definition) is 0. The quantitative estimate of drug-likeness (QED) is 0.587. The lowest BCUT2D eigenvalue weighted by Gasteiger charge is -2.62. The summed E-state index contributed by atoms with van der Waals surface area (Å²) >= 11 is 0. The zero-order valence-corrected chi connectivity index (χ0v) is 11.2. The largest absolute Gasteiger partial charge is 0.247 e. The van der Waals surface area contributed by atoms with Crippen molar-refractivity contribution in [3.05, 3.63) is 0 Å². The first kappa shape index (κ1) is 10.3. The fourth-order valence-corrected chi connectivity index (χ4v) is 7.53. The average molecular weight is 226 g/mol. The molecular formula is C13H23FSi. The molecule has 0 aromatic heterocycles. The lowest BCUT2D eigenvalue weighted by Crippen LogP contribution is -2.56. The van der Waals surface area contributed by atoms with E-state index in [2.05, 4.69) is 19.6 Å². The SMILES string of the molecule is C[Si](C)(C)C12CC3C[C@H](C1)C(F)[C@@H](C3)C2. The van der Waals surface area contributed by atoms with E-state index < -0.39 is 14.2 Å². The molecule has 4 aliphatic rings. The molecule has 86 valence electrons. The fourth-order valence-electron chi connectivity index (χ4n) is 4.88. The van der Waals surface area contributed by atoms with Crippen molar-refractivity contribution < 1.29 is 4.39 Å². The molecule has 4 aliphatic carbocycles. The molecule has 0 aliphatic heterocycles. The first-order chi connectivity index (χ1) is 6.91. The summed E-state index contributed by atoms with van der Waals surface area (Å²) < 4.78 is 14.1. The summed E-state index contributed by atoms with van der Waals surface area (Å²) in [6.45, 7) is 7.52. The number of alkyl halides is 1. The van der Waals surface area contributed by atoms with Crippen LogP contribution in [-0.2, 0) is 0 Å². The number of rotatable bonds is 1. The Morgan fingerprint density at radius 3 is 2.00 bits per heavy atom. The second-order valence-corrected chi connectivity index (χ2v) is 13.0. The van der Waals surface area contributed by atoms with Crippen molar-refractivity contribution in [2.45, 2.75) is 63.0 Å². The van der Waals surface area contributed by atoms with Crippen molar-refractivity contribution in [2.75, 3.05) is 0 Å². The van der Waals surface area contributed by atoms with Gasteiger partial charge in [-0.15, -0.1) is 0 Å². The summed E-state index contributed by atoms with van der Waals surface area (Å²) in [5.74, 6) is 1.78. The lowest BCUT2D eigenvalue weighted by molar-refractivity contribution is -0.0477. The molecule has 4 bridgehead atoms. The van der Waals surface area contributed by atoms with Gasteiger partial charge in [0.15, 0.2) is 0 Å². The lowest BCUT2D eigenvalue weighted by atomic mass is 9.55. The van der Waals surface area contributed by atoms with Gasteiger partial charge in [0.2, 0.25) is 0 Å². The highest BCUT2D eigenvalue weighted by atomic mass is 28.3. The van der Waals surface area contributed by atoms with E-state index in [1.807, 2.05) is 0 Å². The molecule has 0 aromatic rings. The van der Waals surface area contributed by atoms with Crippen LogP contribution in [0.1, 0.15) is 32.1 Å². The van der Waals surface area contributed by atoms with Crippen molar-refractivity contribution in [1.82, 2.24) is 0 Å². The van der Waals surface area contributed by atoms with E-state index in [9.17, 15) is 4.39 Å². The van der Waals surface area contributed by atoms with E-state index in [0.29, 0.717) is 16.9 Å². The third-order valence-electron chi connectivity index (χ3n) is 5.75. The van der Waals surface area contributed by atoms with E-state index in [-0.39, 0.29) is 0 Å². The van der Waals surface area contributed by atoms with E-state index >= 15 is 0 Å². The van der Waals surface area contributed by atoms with Gasteiger partial charge in [-0.1, -0.05) is 19.6 Å². The van der Waals surface area contributed by atoms with Gasteiger partial charge in [0.25, 0.3) is 0 Å². The Bertz CT molecular complexity index is 265. The smallest absolute Gasteiger partial charge is 0.106 e. The molecule has 4 fully saturated rings. The van der Waals surface area contributed by atoms with Gasteiger partial charge in [0, 0.05) is 0 Å². The van der Waals surface area contributed by atoms with Crippen LogP contribution in [0.2, 0.25) is 24.7 Å². The highest BCUT2D eigenvalue weighted by molar-refractivity contribution is 6.79. The molecule has 0 radical (unpaired) electrons. The molecule has 2 heteroatoms. The summed E-state index contributed by atoms with van der Waals surface area (Å²) in [7, 11) is -1.10. The van der Waals surface area contributed by atoms with Crippen LogP contribution in [0.4, 0.5) is 4.39 Å². The highest BCUT2D eigenvalue weighted by Gasteiger charge is 2.59. The molecule has 0 amide bonds. The number of halogens is 1. The second kappa shape index (κ2) is 2.88. The Balaban J connectivity index is 1.96. The molecule has 0 saturated heterocycles. The third-order valence-corrected chi connectivity index (χ3v) is 9.54.